The van der Waals surface area contributed by atoms with Gasteiger partial charge in [-0.15, -0.1) is 0 Å². The summed E-state index contributed by atoms with van der Waals surface area (Å²) in [5.74, 6) is -0.245. The van der Waals surface area contributed by atoms with Crippen LogP contribution in [0.3, 0.4) is 0 Å². The third-order valence-corrected chi connectivity index (χ3v) is 4.73. The third-order valence-electron chi connectivity index (χ3n) is 4.73. The Morgan fingerprint density at radius 3 is 2.45 bits per heavy atom. The van der Waals surface area contributed by atoms with Crippen LogP contribution >= 0.6 is 0 Å². The fourth-order valence-electron chi connectivity index (χ4n) is 2.92. The number of carbonyl (C=O) groups is 3. The molecule has 0 saturated heterocycles. The minimum atomic E-state index is -0.195. The first-order valence-electron chi connectivity index (χ1n) is 10.6. The van der Waals surface area contributed by atoms with Gasteiger partial charge in [-0.2, -0.15) is 0 Å². The number of nitrogens with zero attached hydrogens (tertiary/aromatic N) is 1. The lowest BCUT2D eigenvalue weighted by Gasteiger charge is -2.11. The summed E-state index contributed by atoms with van der Waals surface area (Å²) in [6.07, 6.45) is 3.01. The van der Waals surface area contributed by atoms with E-state index in [1.807, 2.05) is 30.3 Å². The van der Waals surface area contributed by atoms with Gasteiger partial charge in [0.15, 0.2) is 0 Å². The van der Waals surface area contributed by atoms with Crippen molar-refractivity contribution in [3.63, 3.8) is 0 Å². The van der Waals surface area contributed by atoms with Crippen LogP contribution in [0.4, 0.5) is 11.4 Å². The summed E-state index contributed by atoms with van der Waals surface area (Å²) < 4.78 is 0. The molecule has 0 aliphatic carbocycles. The quantitative estimate of drug-likeness (QED) is 0.483. The normalized spacial score (nSPS) is 10.3. The Labute approximate surface area is 184 Å². The van der Waals surface area contributed by atoms with Crippen LogP contribution in [0, 0.1) is 0 Å². The summed E-state index contributed by atoms with van der Waals surface area (Å²) in [6, 6.07) is 14.6. The van der Waals surface area contributed by atoms with Crippen molar-refractivity contribution in [1.29, 1.82) is 0 Å². The first-order chi connectivity index (χ1) is 14.9. The summed E-state index contributed by atoms with van der Waals surface area (Å²) in [7, 11) is 3.47. The van der Waals surface area contributed by atoms with E-state index in [0.29, 0.717) is 36.3 Å². The minimum Gasteiger partial charge on any atom is -0.376 e. The predicted octanol–water partition coefficient (Wildman–Crippen LogP) is 3.29. The molecule has 7 heteroatoms. The molecule has 0 aliphatic rings. The number of nitrogens with one attached hydrogen (secondary N) is 3. The molecular weight excluding hydrogens is 392 g/mol. The van der Waals surface area contributed by atoms with Crippen molar-refractivity contribution in [2.45, 2.75) is 32.6 Å². The van der Waals surface area contributed by atoms with E-state index in [0.717, 1.165) is 18.4 Å². The molecule has 166 valence electrons. The lowest BCUT2D eigenvalue weighted by atomic mass is 10.1. The molecule has 0 fully saturated rings. The minimum absolute atomic E-state index is 0.0694. The number of anilines is 2. The monoisotopic (exact) mass is 424 g/mol. The van der Waals surface area contributed by atoms with Gasteiger partial charge in [-0.3, -0.25) is 14.4 Å². The molecule has 0 heterocycles. The Kier molecular flexibility index (Phi) is 9.55. The van der Waals surface area contributed by atoms with Gasteiger partial charge in [-0.25, -0.2) is 0 Å². The fourth-order valence-corrected chi connectivity index (χ4v) is 2.92. The van der Waals surface area contributed by atoms with Crippen molar-refractivity contribution < 1.29 is 14.4 Å². The summed E-state index contributed by atoms with van der Waals surface area (Å²) in [6.45, 7) is 2.80. The van der Waals surface area contributed by atoms with Crippen LogP contribution in [0.15, 0.2) is 48.5 Å². The van der Waals surface area contributed by atoms with Gasteiger partial charge in [0.25, 0.3) is 5.91 Å². The van der Waals surface area contributed by atoms with Crippen LogP contribution in [0.5, 0.6) is 0 Å². The molecule has 0 bridgehead atoms. The van der Waals surface area contributed by atoms with Gasteiger partial charge in [-0.05, 0) is 48.7 Å². The predicted molar refractivity (Wildman–Crippen MR) is 124 cm³/mol. The number of hydrogen-bond donors (Lipinski definition) is 3. The van der Waals surface area contributed by atoms with Gasteiger partial charge in [0.1, 0.15) is 0 Å². The Balaban J connectivity index is 1.85. The molecule has 2 aromatic carbocycles. The Hall–Kier alpha value is -3.35. The molecule has 0 saturated carbocycles. The number of rotatable bonds is 11. The first kappa shape index (κ1) is 23.9. The zero-order chi connectivity index (χ0) is 22.6. The van der Waals surface area contributed by atoms with Crippen molar-refractivity contribution in [2.24, 2.45) is 0 Å². The highest BCUT2D eigenvalue weighted by Gasteiger charge is 2.08. The fraction of sp³-hybridized carbons (Fsp3) is 0.375. The number of amides is 3. The zero-order valence-corrected chi connectivity index (χ0v) is 18.5. The van der Waals surface area contributed by atoms with Crippen molar-refractivity contribution in [1.82, 2.24) is 10.2 Å². The maximum atomic E-state index is 12.3. The van der Waals surface area contributed by atoms with E-state index in [9.17, 15) is 14.4 Å². The molecule has 3 N–H and O–H groups in total. The van der Waals surface area contributed by atoms with E-state index >= 15 is 0 Å². The second kappa shape index (κ2) is 12.4. The molecule has 3 amide bonds. The second-order valence-electron chi connectivity index (χ2n) is 7.58. The van der Waals surface area contributed by atoms with Crippen molar-refractivity contribution in [3.05, 3.63) is 59.7 Å². The summed E-state index contributed by atoms with van der Waals surface area (Å²) >= 11 is 0. The smallest absolute Gasteiger partial charge is 0.251 e. The van der Waals surface area contributed by atoms with Crippen LogP contribution in [0.2, 0.25) is 0 Å². The Bertz CT molecular complexity index is 896. The molecule has 0 aliphatic heterocycles. The molecule has 0 spiro atoms. The van der Waals surface area contributed by atoms with Gasteiger partial charge in [0, 0.05) is 44.0 Å². The van der Waals surface area contributed by atoms with E-state index in [1.165, 1.54) is 0 Å². The summed E-state index contributed by atoms with van der Waals surface area (Å²) in [4.78, 5) is 37.8. The van der Waals surface area contributed by atoms with Gasteiger partial charge in [0.05, 0.1) is 6.54 Å². The molecule has 7 nitrogen and oxygen atoms in total. The number of aryl methyl sites for hydroxylation is 1. The molecule has 0 unspecified atom stereocenters. The van der Waals surface area contributed by atoms with E-state index in [4.69, 9.17) is 0 Å². The second-order valence-corrected chi connectivity index (χ2v) is 7.58. The van der Waals surface area contributed by atoms with Crippen LogP contribution in [0.25, 0.3) is 0 Å². The lowest BCUT2D eigenvalue weighted by molar-refractivity contribution is -0.128. The number of hydrogen-bond acceptors (Lipinski definition) is 4. The highest BCUT2D eigenvalue weighted by molar-refractivity contribution is 5.96. The van der Waals surface area contributed by atoms with E-state index < -0.39 is 0 Å². The average molecular weight is 425 g/mol. The third kappa shape index (κ3) is 8.50. The molecule has 0 radical (unpaired) electrons. The van der Waals surface area contributed by atoms with Crippen LogP contribution in [-0.4, -0.2) is 49.8 Å². The summed E-state index contributed by atoms with van der Waals surface area (Å²) in [5, 5.41) is 8.79. The standard InChI is InChI=1S/C24H32N4O3/c1-4-5-14-25-24(31)19-9-7-10-20(16-19)26-17-22(29)27-21-11-6-8-18(15-21)12-13-23(30)28(2)3/h6-11,15-16,26H,4-5,12-14,17H2,1-3H3,(H,25,31)(H,27,29). The number of unbranched alkanes of at least 4 members (excludes halogenated alkanes) is 1. The van der Waals surface area contributed by atoms with Crippen molar-refractivity contribution >= 4 is 29.1 Å². The molecule has 31 heavy (non-hydrogen) atoms. The highest BCUT2D eigenvalue weighted by atomic mass is 16.2. The first-order valence-corrected chi connectivity index (χ1v) is 10.6. The zero-order valence-electron chi connectivity index (χ0n) is 18.5. The van der Waals surface area contributed by atoms with E-state index in [1.54, 1.807) is 37.2 Å². The van der Waals surface area contributed by atoms with E-state index in [-0.39, 0.29) is 24.3 Å². The number of carbonyl (C=O) groups excluding carboxylic acids is 3. The van der Waals surface area contributed by atoms with Gasteiger partial charge in [0.2, 0.25) is 11.8 Å². The SMILES string of the molecule is CCCCNC(=O)c1cccc(NCC(=O)Nc2cccc(CCC(=O)N(C)C)c2)c1. The van der Waals surface area contributed by atoms with Gasteiger partial charge in [-0.1, -0.05) is 31.5 Å². The molecular formula is C24H32N4O3. The Morgan fingerprint density at radius 1 is 0.968 bits per heavy atom. The molecule has 2 aromatic rings. The van der Waals surface area contributed by atoms with E-state index in [2.05, 4.69) is 22.9 Å². The molecule has 0 atom stereocenters. The van der Waals surface area contributed by atoms with Crippen molar-refractivity contribution in [2.75, 3.05) is 37.8 Å². The van der Waals surface area contributed by atoms with Crippen molar-refractivity contribution in [3.8, 4) is 0 Å². The maximum absolute atomic E-state index is 12.3. The largest absolute Gasteiger partial charge is 0.376 e. The lowest BCUT2D eigenvalue weighted by Crippen LogP contribution is -2.25. The average Bonchev–Trinajstić information content (AvgIpc) is 2.76. The molecule has 0 aromatic heterocycles. The molecule has 2 rings (SSSR count). The van der Waals surface area contributed by atoms with Gasteiger partial charge >= 0.3 is 0 Å². The van der Waals surface area contributed by atoms with Crippen LogP contribution < -0.4 is 16.0 Å². The van der Waals surface area contributed by atoms with Crippen LogP contribution in [0.1, 0.15) is 42.1 Å². The number of benzene rings is 2. The summed E-state index contributed by atoms with van der Waals surface area (Å²) in [5.41, 5.74) is 2.93. The van der Waals surface area contributed by atoms with Gasteiger partial charge < -0.3 is 20.9 Å². The topological polar surface area (TPSA) is 90.5 Å². The van der Waals surface area contributed by atoms with Crippen LogP contribution in [-0.2, 0) is 16.0 Å². The highest BCUT2D eigenvalue weighted by Crippen LogP contribution is 2.14. The Morgan fingerprint density at radius 2 is 1.71 bits per heavy atom. The maximum Gasteiger partial charge on any atom is 0.251 e.